The van der Waals surface area contributed by atoms with Gasteiger partial charge in [-0.1, -0.05) is 12.1 Å². The number of aromatic nitrogens is 4. The van der Waals surface area contributed by atoms with Gasteiger partial charge < -0.3 is 9.47 Å². The minimum Gasteiger partial charge on any atom is -0.353 e. The van der Waals surface area contributed by atoms with Crippen LogP contribution >= 0.6 is 11.5 Å². The third-order valence-electron chi connectivity index (χ3n) is 5.23. The molecule has 7 nitrogen and oxygen atoms in total. The molecule has 3 aromatic heterocycles. The van der Waals surface area contributed by atoms with Crippen molar-refractivity contribution < 1.29 is 0 Å². The number of rotatable bonds is 4. The predicted octanol–water partition coefficient (Wildman–Crippen LogP) is 1.93. The Balaban J connectivity index is 1.23. The van der Waals surface area contributed by atoms with E-state index in [4.69, 9.17) is 0 Å². The molecule has 4 aromatic rings. The second kappa shape index (κ2) is 6.79. The smallest absolute Gasteiger partial charge is 0.276 e. The zero-order chi connectivity index (χ0) is 18.2. The van der Waals surface area contributed by atoms with E-state index in [1.807, 2.05) is 12.4 Å². The molecule has 0 radical (unpaired) electrons. The number of piperazine rings is 1. The Morgan fingerprint density at radius 1 is 1.00 bits per heavy atom. The molecule has 1 aromatic carbocycles. The minimum absolute atomic E-state index is 0.0163. The van der Waals surface area contributed by atoms with Gasteiger partial charge in [0.15, 0.2) is 0 Å². The van der Waals surface area contributed by atoms with Gasteiger partial charge in [0.05, 0.1) is 10.9 Å². The zero-order valence-electron chi connectivity index (χ0n) is 14.9. The molecule has 1 saturated heterocycles. The predicted molar refractivity (Wildman–Crippen MR) is 108 cm³/mol. The summed E-state index contributed by atoms with van der Waals surface area (Å²) in [5, 5.41) is 5.35. The summed E-state index contributed by atoms with van der Waals surface area (Å²) in [4.78, 5) is 17.3. The quantitative estimate of drug-likeness (QED) is 0.541. The first-order chi connectivity index (χ1) is 13.3. The van der Waals surface area contributed by atoms with Crippen molar-refractivity contribution >= 4 is 33.0 Å². The van der Waals surface area contributed by atoms with Gasteiger partial charge in [0, 0.05) is 57.0 Å². The Morgan fingerprint density at radius 3 is 2.74 bits per heavy atom. The van der Waals surface area contributed by atoms with Gasteiger partial charge in [0.2, 0.25) is 0 Å². The molecule has 0 aliphatic carbocycles. The third-order valence-corrected chi connectivity index (χ3v) is 6.04. The first kappa shape index (κ1) is 16.5. The van der Waals surface area contributed by atoms with E-state index in [1.165, 1.54) is 10.1 Å². The van der Waals surface area contributed by atoms with Crippen molar-refractivity contribution in [1.82, 2.24) is 23.5 Å². The number of anilines is 1. The van der Waals surface area contributed by atoms with E-state index >= 15 is 0 Å². The van der Waals surface area contributed by atoms with Crippen LogP contribution in [0.4, 0.5) is 5.82 Å². The highest BCUT2D eigenvalue weighted by atomic mass is 32.1. The average Bonchev–Trinajstić information content (AvgIpc) is 3.35. The molecule has 0 N–H and O–H groups in total. The highest BCUT2D eigenvalue weighted by Crippen LogP contribution is 2.29. The lowest BCUT2D eigenvalue weighted by molar-refractivity contribution is 0.247. The Kier molecular flexibility index (Phi) is 4.14. The largest absolute Gasteiger partial charge is 0.353 e. The maximum Gasteiger partial charge on any atom is 0.276 e. The first-order valence-electron chi connectivity index (χ1n) is 9.14. The lowest BCUT2D eigenvalue weighted by atomic mass is 10.2. The Hall–Kier alpha value is -2.71. The summed E-state index contributed by atoms with van der Waals surface area (Å²) in [6.45, 7) is 5.45. The lowest BCUT2D eigenvalue weighted by Crippen LogP contribution is -2.47. The van der Waals surface area contributed by atoms with Crippen molar-refractivity contribution in [3.63, 3.8) is 0 Å². The van der Waals surface area contributed by atoms with E-state index in [2.05, 4.69) is 43.5 Å². The van der Waals surface area contributed by atoms with E-state index in [9.17, 15) is 4.79 Å². The maximum absolute atomic E-state index is 12.5. The van der Waals surface area contributed by atoms with Crippen LogP contribution in [0.25, 0.3) is 15.6 Å². The van der Waals surface area contributed by atoms with Gasteiger partial charge in [-0.05, 0) is 29.7 Å². The monoisotopic (exact) mass is 380 g/mol. The molecule has 0 bridgehead atoms. The summed E-state index contributed by atoms with van der Waals surface area (Å²) in [5.41, 5.74) is 0.639. The fourth-order valence-electron chi connectivity index (χ4n) is 3.67. The second-order valence-corrected chi connectivity index (χ2v) is 7.59. The van der Waals surface area contributed by atoms with Crippen molar-refractivity contribution in [3.05, 3.63) is 59.3 Å². The van der Waals surface area contributed by atoms with E-state index < -0.39 is 0 Å². The Bertz CT molecular complexity index is 1140. The van der Waals surface area contributed by atoms with Crippen LogP contribution in [0.2, 0.25) is 0 Å². The Labute approximate surface area is 160 Å². The number of nitrogens with zero attached hydrogens (tertiary/aromatic N) is 6. The van der Waals surface area contributed by atoms with E-state index in [-0.39, 0.29) is 5.56 Å². The summed E-state index contributed by atoms with van der Waals surface area (Å²) >= 11 is 1.57. The third kappa shape index (κ3) is 3.00. The molecular formula is C19H20N6OS. The molecule has 0 amide bonds. The van der Waals surface area contributed by atoms with Crippen molar-refractivity contribution in [3.8, 4) is 0 Å². The number of hydrogen-bond acceptors (Lipinski definition) is 6. The number of benzene rings is 1. The maximum atomic E-state index is 12.5. The summed E-state index contributed by atoms with van der Waals surface area (Å²) in [6.07, 6.45) is 5.31. The van der Waals surface area contributed by atoms with Crippen molar-refractivity contribution in [2.24, 2.45) is 0 Å². The summed E-state index contributed by atoms with van der Waals surface area (Å²) in [5.74, 6) is 1.11. The molecule has 0 spiro atoms. The van der Waals surface area contributed by atoms with Crippen LogP contribution in [0.15, 0.2) is 53.7 Å². The van der Waals surface area contributed by atoms with Gasteiger partial charge in [-0.2, -0.15) is 9.47 Å². The molecule has 5 rings (SSSR count). The molecule has 0 atom stereocenters. The molecule has 1 aliphatic heterocycles. The van der Waals surface area contributed by atoms with Crippen LogP contribution in [-0.4, -0.2) is 56.2 Å². The standard InChI is InChI=1S/C19H20N6OS/c26-19-16-5-6-20-25(16)14-13-24(19)12-9-22-7-10-23(11-8-22)18-15-3-1-2-4-17(15)27-21-18/h1-6,13-14H,7-12H2. The SMILES string of the molecule is O=c1c2ccnn2ccn1CCN1CCN(c2nsc3ccccc23)CC1. The van der Waals surface area contributed by atoms with Crippen LogP contribution in [0.3, 0.4) is 0 Å². The highest BCUT2D eigenvalue weighted by Gasteiger charge is 2.20. The molecule has 1 fully saturated rings. The second-order valence-electron chi connectivity index (χ2n) is 6.79. The highest BCUT2D eigenvalue weighted by molar-refractivity contribution is 7.13. The first-order valence-corrected chi connectivity index (χ1v) is 9.91. The topological polar surface area (TPSA) is 58.7 Å². The summed E-state index contributed by atoms with van der Waals surface area (Å²) < 4.78 is 9.30. The summed E-state index contributed by atoms with van der Waals surface area (Å²) in [6, 6.07) is 10.2. The fourth-order valence-corrected chi connectivity index (χ4v) is 4.47. The molecule has 4 heterocycles. The molecule has 27 heavy (non-hydrogen) atoms. The molecule has 0 saturated carbocycles. The molecule has 138 valence electrons. The van der Waals surface area contributed by atoms with Crippen molar-refractivity contribution in [2.75, 3.05) is 37.6 Å². The van der Waals surface area contributed by atoms with Gasteiger partial charge in [-0.15, -0.1) is 0 Å². The summed E-state index contributed by atoms with van der Waals surface area (Å²) in [7, 11) is 0. The number of fused-ring (bicyclic) bond motifs is 2. The molecular weight excluding hydrogens is 360 g/mol. The average molecular weight is 380 g/mol. The van der Waals surface area contributed by atoms with E-state index in [1.54, 1.807) is 32.9 Å². The van der Waals surface area contributed by atoms with Gasteiger partial charge in [-0.25, -0.2) is 4.52 Å². The lowest BCUT2D eigenvalue weighted by Gasteiger charge is -2.35. The van der Waals surface area contributed by atoms with Crippen LogP contribution in [0.1, 0.15) is 0 Å². The molecule has 8 heteroatoms. The van der Waals surface area contributed by atoms with Gasteiger partial charge >= 0.3 is 0 Å². The Morgan fingerprint density at radius 2 is 1.85 bits per heavy atom. The van der Waals surface area contributed by atoms with Gasteiger partial charge in [-0.3, -0.25) is 9.69 Å². The molecule has 1 aliphatic rings. The normalized spacial score (nSPS) is 15.8. The fraction of sp³-hybridized carbons (Fsp3) is 0.316. The van der Waals surface area contributed by atoms with Crippen LogP contribution in [0.5, 0.6) is 0 Å². The van der Waals surface area contributed by atoms with Crippen LogP contribution < -0.4 is 10.5 Å². The van der Waals surface area contributed by atoms with E-state index in [0.29, 0.717) is 12.1 Å². The van der Waals surface area contributed by atoms with Crippen LogP contribution in [-0.2, 0) is 6.54 Å². The van der Waals surface area contributed by atoms with Gasteiger partial charge in [0.25, 0.3) is 5.56 Å². The zero-order valence-corrected chi connectivity index (χ0v) is 15.7. The van der Waals surface area contributed by atoms with E-state index in [0.717, 1.165) is 38.5 Å². The van der Waals surface area contributed by atoms with Crippen LogP contribution in [0, 0.1) is 0 Å². The van der Waals surface area contributed by atoms with Gasteiger partial charge in [0.1, 0.15) is 11.3 Å². The number of hydrogen-bond donors (Lipinski definition) is 0. The van der Waals surface area contributed by atoms with Crippen molar-refractivity contribution in [2.45, 2.75) is 6.54 Å². The minimum atomic E-state index is 0.0163. The molecule has 0 unspecified atom stereocenters. The van der Waals surface area contributed by atoms with Crippen molar-refractivity contribution in [1.29, 1.82) is 0 Å².